The molecule has 3 rings (SSSR count). The van der Waals surface area contributed by atoms with Crippen molar-refractivity contribution in [3.63, 3.8) is 0 Å². The number of piperidine rings is 1. The highest BCUT2D eigenvalue weighted by molar-refractivity contribution is 5.94. The molecule has 2 aliphatic rings. The van der Waals surface area contributed by atoms with Crippen molar-refractivity contribution in [2.24, 2.45) is 5.92 Å². The normalized spacial score (nSPS) is 23.9. The molecule has 0 spiro atoms. The second kappa shape index (κ2) is 7.41. The zero-order chi connectivity index (χ0) is 16.2. The first-order valence-corrected chi connectivity index (χ1v) is 8.72. The summed E-state index contributed by atoms with van der Waals surface area (Å²) in [7, 11) is 4.29. The van der Waals surface area contributed by atoms with Crippen molar-refractivity contribution in [2.45, 2.75) is 19.3 Å². The van der Waals surface area contributed by atoms with Gasteiger partial charge in [0.1, 0.15) is 0 Å². The van der Waals surface area contributed by atoms with Crippen LogP contribution in [0, 0.1) is 5.92 Å². The molecule has 0 saturated carbocycles. The maximum atomic E-state index is 12.7. The van der Waals surface area contributed by atoms with Crippen molar-refractivity contribution >= 4 is 5.91 Å². The number of aromatic nitrogens is 1. The summed E-state index contributed by atoms with van der Waals surface area (Å²) in [5.74, 6) is 0.817. The van der Waals surface area contributed by atoms with Gasteiger partial charge in [0.25, 0.3) is 5.91 Å². The molecule has 2 fully saturated rings. The van der Waals surface area contributed by atoms with Crippen LogP contribution in [0.4, 0.5) is 0 Å². The van der Waals surface area contributed by atoms with Gasteiger partial charge in [-0.25, -0.2) is 0 Å². The van der Waals surface area contributed by atoms with E-state index in [0.29, 0.717) is 5.92 Å². The van der Waals surface area contributed by atoms with Crippen LogP contribution in [-0.2, 0) is 6.42 Å². The quantitative estimate of drug-likeness (QED) is 0.844. The molecule has 126 valence electrons. The second-order valence-electron chi connectivity index (χ2n) is 7.15. The van der Waals surface area contributed by atoms with Crippen molar-refractivity contribution in [2.75, 3.05) is 53.4 Å². The number of carbonyl (C=O) groups is 1. The molecule has 1 amide bonds. The number of hydrogen-bond donors (Lipinski definition) is 0. The molecule has 2 aliphatic heterocycles. The van der Waals surface area contributed by atoms with E-state index >= 15 is 0 Å². The van der Waals surface area contributed by atoms with Gasteiger partial charge in [-0.15, -0.1) is 0 Å². The predicted octanol–water partition coefficient (Wildman–Crippen LogP) is 1.35. The van der Waals surface area contributed by atoms with Crippen molar-refractivity contribution in [3.05, 3.63) is 29.6 Å². The molecular weight excluding hydrogens is 288 g/mol. The Morgan fingerprint density at radius 2 is 1.91 bits per heavy atom. The Morgan fingerprint density at radius 3 is 2.65 bits per heavy atom. The van der Waals surface area contributed by atoms with Gasteiger partial charge in [-0.05, 0) is 57.5 Å². The molecule has 5 heteroatoms. The summed E-state index contributed by atoms with van der Waals surface area (Å²) >= 11 is 0. The van der Waals surface area contributed by atoms with Crippen molar-refractivity contribution in [1.82, 2.24) is 19.7 Å². The van der Waals surface area contributed by atoms with E-state index in [0.717, 1.165) is 44.7 Å². The molecule has 0 unspecified atom stereocenters. The maximum absolute atomic E-state index is 12.7. The first kappa shape index (κ1) is 16.4. The van der Waals surface area contributed by atoms with Crippen molar-refractivity contribution in [3.8, 4) is 0 Å². The first-order valence-electron chi connectivity index (χ1n) is 8.72. The molecule has 0 bridgehead atoms. The van der Waals surface area contributed by atoms with E-state index < -0.39 is 0 Å². The van der Waals surface area contributed by atoms with Crippen LogP contribution in [-0.4, -0.2) is 79.0 Å². The van der Waals surface area contributed by atoms with E-state index in [4.69, 9.17) is 0 Å². The van der Waals surface area contributed by atoms with Gasteiger partial charge < -0.3 is 14.7 Å². The summed E-state index contributed by atoms with van der Waals surface area (Å²) < 4.78 is 0. The average Bonchev–Trinajstić information content (AvgIpc) is 2.55. The molecule has 5 nitrogen and oxygen atoms in total. The van der Waals surface area contributed by atoms with Crippen LogP contribution >= 0.6 is 0 Å². The van der Waals surface area contributed by atoms with Crippen LogP contribution in [0.1, 0.15) is 28.8 Å². The van der Waals surface area contributed by atoms with Crippen LogP contribution in [0.25, 0.3) is 0 Å². The molecule has 23 heavy (non-hydrogen) atoms. The Labute approximate surface area is 139 Å². The van der Waals surface area contributed by atoms with Crippen LogP contribution in [0.3, 0.4) is 0 Å². The molecule has 0 radical (unpaired) electrons. The summed E-state index contributed by atoms with van der Waals surface area (Å²) in [6.07, 6.45) is 7.23. The van der Waals surface area contributed by atoms with Crippen LogP contribution < -0.4 is 0 Å². The largest absolute Gasteiger partial charge is 0.336 e. The first-order chi connectivity index (χ1) is 11.1. The van der Waals surface area contributed by atoms with Crippen molar-refractivity contribution < 1.29 is 4.79 Å². The summed E-state index contributed by atoms with van der Waals surface area (Å²) in [5.41, 5.74) is 1.95. The molecule has 0 aliphatic carbocycles. The number of carbonyl (C=O) groups excluding carboxylic acids is 1. The number of pyridine rings is 1. The van der Waals surface area contributed by atoms with Crippen LogP contribution in [0.2, 0.25) is 0 Å². The Hall–Kier alpha value is -1.46. The lowest BCUT2D eigenvalue weighted by Gasteiger charge is -2.32. The SMILES string of the molecule is CN1CCN(C(=O)c2cncc(C[C@@H]3CCCN(C)C3)c2)CC1. The lowest BCUT2D eigenvalue weighted by atomic mass is 9.92. The van der Waals surface area contributed by atoms with Gasteiger partial charge >= 0.3 is 0 Å². The fourth-order valence-electron chi connectivity index (χ4n) is 3.68. The number of likely N-dealkylation sites (tertiary alicyclic amines) is 1. The Bertz CT molecular complexity index is 540. The van der Waals surface area contributed by atoms with Crippen LogP contribution in [0.5, 0.6) is 0 Å². The predicted molar refractivity (Wildman–Crippen MR) is 91.6 cm³/mol. The number of piperazine rings is 1. The molecule has 0 aromatic carbocycles. The summed E-state index contributed by atoms with van der Waals surface area (Å²) in [6.45, 7) is 5.88. The molecule has 3 heterocycles. The maximum Gasteiger partial charge on any atom is 0.255 e. The molecule has 1 aromatic rings. The summed E-state index contributed by atoms with van der Waals surface area (Å²) in [4.78, 5) is 23.6. The van der Waals surface area contributed by atoms with Gasteiger partial charge in [-0.1, -0.05) is 0 Å². The van der Waals surface area contributed by atoms with E-state index in [1.165, 1.54) is 24.9 Å². The molecule has 1 atom stereocenters. The standard InChI is InChI=1S/C18H28N4O/c1-20-6-8-22(9-7-20)18(23)17-11-16(12-19-13-17)10-15-4-3-5-21(2)14-15/h11-13,15H,3-10,14H2,1-2H3/t15-/m0/s1. The van der Waals surface area contributed by atoms with Gasteiger partial charge in [0.05, 0.1) is 5.56 Å². The summed E-state index contributed by atoms with van der Waals surface area (Å²) in [6, 6.07) is 2.06. The zero-order valence-electron chi connectivity index (χ0n) is 14.4. The van der Waals surface area contributed by atoms with Gasteiger partial charge in [-0.3, -0.25) is 9.78 Å². The van der Waals surface area contributed by atoms with Crippen LogP contribution in [0.15, 0.2) is 18.5 Å². The Balaban J connectivity index is 1.63. The van der Waals surface area contributed by atoms with Gasteiger partial charge in [0.15, 0.2) is 0 Å². The molecular formula is C18H28N4O. The van der Waals surface area contributed by atoms with E-state index in [9.17, 15) is 4.79 Å². The second-order valence-corrected chi connectivity index (χ2v) is 7.15. The third-order valence-corrected chi connectivity index (χ3v) is 5.08. The fraction of sp³-hybridized carbons (Fsp3) is 0.667. The zero-order valence-corrected chi connectivity index (χ0v) is 14.4. The highest BCUT2D eigenvalue weighted by Gasteiger charge is 2.22. The smallest absolute Gasteiger partial charge is 0.255 e. The van der Waals surface area contributed by atoms with Crippen molar-refractivity contribution in [1.29, 1.82) is 0 Å². The topological polar surface area (TPSA) is 39.7 Å². The van der Waals surface area contributed by atoms with E-state index in [1.807, 2.05) is 11.1 Å². The summed E-state index contributed by atoms with van der Waals surface area (Å²) in [5, 5.41) is 0. The van der Waals surface area contributed by atoms with Gasteiger partial charge in [0.2, 0.25) is 0 Å². The van der Waals surface area contributed by atoms with Gasteiger partial charge in [-0.2, -0.15) is 0 Å². The minimum atomic E-state index is 0.133. The highest BCUT2D eigenvalue weighted by atomic mass is 16.2. The fourth-order valence-corrected chi connectivity index (χ4v) is 3.68. The lowest BCUT2D eigenvalue weighted by molar-refractivity contribution is 0.0663. The number of nitrogens with zero attached hydrogens (tertiary/aromatic N) is 4. The lowest BCUT2D eigenvalue weighted by Crippen LogP contribution is -2.47. The molecule has 2 saturated heterocycles. The number of likely N-dealkylation sites (N-methyl/N-ethyl adjacent to an activating group) is 1. The number of hydrogen-bond acceptors (Lipinski definition) is 4. The minimum Gasteiger partial charge on any atom is -0.336 e. The highest BCUT2D eigenvalue weighted by Crippen LogP contribution is 2.20. The Morgan fingerprint density at radius 1 is 1.13 bits per heavy atom. The third-order valence-electron chi connectivity index (χ3n) is 5.08. The monoisotopic (exact) mass is 316 g/mol. The number of rotatable bonds is 3. The van der Waals surface area contributed by atoms with E-state index in [2.05, 4.69) is 34.9 Å². The molecule has 1 aromatic heterocycles. The third kappa shape index (κ3) is 4.30. The minimum absolute atomic E-state index is 0.133. The van der Waals surface area contributed by atoms with E-state index in [-0.39, 0.29) is 5.91 Å². The number of amides is 1. The van der Waals surface area contributed by atoms with E-state index in [1.54, 1.807) is 6.20 Å². The van der Waals surface area contributed by atoms with Gasteiger partial charge in [0, 0.05) is 45.1 Å². The molecule has 0 N–H and O–H groups in total. The average molecular weight is 316 g/mol. The Kier molecular flexibility index (Phi) is 5.28.